The Morgan fingerprint density at radius 2 is 1.87 bits per heavy atom. The number of nitrogens with zero attached hydrogens (tertiary/aromatic N) is 2. The van der Waals surface area contributed by atoms with Crippen LogP contribution in [-0.2, 0) is 45.4 Å². The second-order valence-electron chi connectivity index (χ2n) is 15.4. The summed E-state index contributed by atoms with van der Waals surface area (Å²) in [7, 11) is 3.35. The molecule has 5 aliphatic rings. The number of aromatic amines is 1. The number of ether oxygens (including phenoxy) is 4. The molecular formula is C40H48N4O9. The minimum absolute atomic E-state index is 0.00886. The van der Waals surface area contributed by atoms with Crippen molar-refractivity contribution in [3.05, 3.63) is 53.4 Å². The number of fused-ring (bicyclic) bond motifs is 6. The fourth-order valence-corrected chi connectivity index (χ4v) is 9.30. The highest BCUT2D eigenvalue weighted by molar-refractivity contribution is 6.10. The molecule has 5 fully saturated rings. The molecule has 4 saturated heterocycles. The molecule has 8 atom stereocenters. The lowest BCUT2D eigenvalue weighted by Gasteiger charge is -2.59. The van der Waals surface area contributed by atoms with Crippen LogP contribution in [0.15, 0.2) is 47.5 Å². The second kappa shape index (κ2) is 13.8. The fraction of sp³-hybridized carbons (Fsp3) is 0.550. The summed E-state index contributed by atoms with van der Waals surface area (Å²) in [4.78, 5) is 58.9. The summed E-state index contributed by atoms with van der Waals surface area (Å²) in [5.41, 5.74) is 2.51. The van der Waals surface area contributed by atoms with Gasteiger partial charge >= 0.3 is 11.9 Å². The lowest BCUT2D eigenvalue weighted by Crippen LogP contribution is -2.70. The second-order valence-corrected chi connectivity index (χ2v) is 15.4. The Hall–Kier alpha value is -4.30. The summed E-state index contributed by atoms with van der Waals surface area (Å²) >= 11 is 0. The Morgan fingerprint density at radius 1 is 1.04 bits per heavy atom. The molecule has 2 aromatic heterocycles. The van der Waals surface area contributed by atoms with Crippen molar-refractivity contribution >= 4 is 50.7 Å². The average molecular weight is 729 g/mol. The summed E-state index contributed by atoms with van der Waals surface area (Å²) in [5.74, 6) is -1.53. The maximum absolute atomic E-state index is 13.0. The van der Waals surface area contributed by atoms with Gasteiger partial charge in [-0.25, -0.2) is 14.6 Å². The molecule has 13 heteroatoms. The van der Waals surface area contributed by atoms with Crippen molar-refractivity contribution in [1.82, 2.24) is 14.9 Å². The van der Waals surface area contributed by atoms with Crippen molar-refractivity contribution in [3.8, 4) is 0 Å². The molecule has 6 heterocycles. The predicted molar refractivity (Wildman–Crippen MR) is 194 cm³/mol. The minimum Gasteiger partial charge on any atom is -0.465 e. The van der Waals surface area contributed by atoms with Gasteiger partial charge in [-0.05, 0) is 68.7 Å². The largest absolute Gasteiger partial charge is 0.465 e. The smallest absolute Gasteiger partial charge is 0.337 e. The molecule has 2 N–H and O–H groups in total. The van der Waals surface area contributed by atoms with E-state index in [-0.39, 0.29) is 36.5 Å². The third-order valence-electron chi connectivity index (χ3n) is 12.1. The summed E-state index contributed by atoms with van der Waals surface area (Å²) in [5, 5.41) is 6.49. The van der Waals surface area contributed by atoms with Crippen LogP contribution in [0, 0.1) is 23.7 Å². The number of hydrogen-bond acceptors (Lipinski definition) is 10. The standard InChI is InChI=1S/C40H48N4O9/c1-22-11-13-28-23(2)37(50-38-40(28)27(22)17-18-39(3,51-38)52-53-40)49-32(46)16-15-31(45)41-19-8-20-42-34-26-21-24(36(47)48-5)12-14-30(26)44(4)35-33(34)25-9-6-7-10-29(25)43-35/h6-7,9-10,12,14,21-23,27-28,37-38,43H,8,11,13,15-20H2,1-5H3,(H,41,45)/t22-,23-,27+,28+,37+,38-,39-,40-/m1/s1. The van der Waals surface area contributed by atoms with Crippen LogP contribution in [0.5, 0.6) is 0 Å². The molecule has 13 nitrogen and oxygen atoms in total. The molecular weight excluding hydrogens is 680 g/mol. The van der Waals surface area contributed by atoms with Crippen molar-refractivity contribution in [2.24, 2.45) is 35.7 Å². The minimum atomic E-state index is -0.915. The maximum Gasteiger partial charge on any atom is 0.337 e. The lowest BCUT2D eigenvalue weighted by molar-refractivity contribution is -0.576. The van der Waals surface area contributed by atoms with Crippen LogP contribution < -0.4 is 10.7 Å². The number of methoxy groups -OCH3 is 1. The highest BCUT2D eigenvalue weighted by Gasteiger charge is 2.69. The fourth-order valence-electron chi connectivity index (χ4n) is 9.30. The van der Waals surface area contributed by atoms with Crippen LogP contribution in [0.25, 0.3) is 32.8 Å². The average Bonchev–Trinajstić information content (AvgIpc) is 3.40. The van der Waals surface area contributed by atoms with Crippen LogP contribution >= 0.6 is 0 Å². The third-order valence-corrected chi connectivity index (χ3v) is 12.1. The Morgan fingerprint density at radius 3 is 2.70 bits per heavy atom. The van der Waals surface area contributed by atoms with Crippen molar-refractivity contribution in [2.75, 3.05) is 20.2 Å². The highest BCUT2D eigenvalue weighted by Crippen LogP contribution is 2.60. The number of amides is 1. The Labute approximate surface area is 307 Å². The van der Waals surface area contributed by atoms with Gasteiger partial charge in [0.2, 0.25) is 18.0 Å². The number of para-hydroxylation sites is 1. The number of benzene rings is 2. The third kappa shape index (κ3) is 6.11. The molecule has 4 aromatic rings. The number of aryl methyl sites for hydroxylation is 1. The molecule has 1 saturated carbocycles. The molecule has 9 rings (SSSR count). The summed E-state index contributed by atoms with van der Waals surface area (Å²) in [6.45, 7) is 6.95. The number of nitrogens with one attached hydrogen (secondary N) is 2. The van der Waals surface area contributed by atoms with Crippen LogP contribution in [-0.4, -0.2) is 71.6 Å². The van der Waals surface area contributed by atoms with E-state index < -0.39 is 35.9 Å². The zero-order valence-electron chi connectivity index (χ0n) is 30.9. The summed E-state index contributed by atoms with van der Waals surface area (Å²) < 4.78 is 25.6. The highest BCUT2D eigenvalue weighted by atomic mass is 17.3. The maximum atomic E-state index is 13.0. The topological polar surface area (TPSA) is 152 Å². The van der Waals surface area contributed by atoms with E-state index >= 15 is 0 Å². The van der Waals surface area contributed by atoms with E-state index in [1.165, 1.54) is 7.11 Å². The van der Waals surface area contributed by atoms with Gasteiger partial charge in [-0.2, -0.15) is 0 Å². The number of pyridine rings is 1. The van der Waals surface area contributed by atoms with Gasteiger partial charge in [0.15, 0.2) is 11.9 Å². The molecule has 0 unspecified atom stereocenters. The van der Waals surface area contributed by atoms with E-state index in [1.54, 1.807) is 6.07 Å². The molecule has 282 valence electrons. The van der Waals surface area contributed by atoms with Crippen molar-refractivity contribution < 1.29 is 43.1 Å². The molecule has 53 heavy (non-hydrogen) atoms. The van der Waals surface area contributed by atoms with E-state index in [2.05, 4.69) is 27.9 Å². The van der Waals surface area contributed by atoms with Gasteiger partial charge in [-0.3, -0.25) is 14.6 Å². The van der Waals surface area contributed by atoms with Crippen LogP contribution in [0.3, 0.4) is 0 Å². The van der Waals surface area contributed by atoms with E-state index in [9.17, 15) is 14.4 Å². The summed E-state index contributed by atoms with van der Waals surface area (Å²) in [6, 6.07) is 13.5. The quantitative estimate of drug-likeness (QED) is 0.129. The van der Waals surface area contributed by atoms with Gasteiger partial charge in [-0.15, -0.1) is 0 Å². The monoisotopic (exact) mass is 728 g/mol. The molecule has 1 aliphatic carbocycles. The number of carbonyl (C=O) groups excluding carboxylic acids is 3. The van der Waals surface area contributed by atoms with Crippen molar-refractivity contribution in [1.29, 1.82) is 0 Å². The summed E-state index contributed by atoms with van der Waals surface area (Å²) in [6.07, 6.45) is 2.54. The molecule has 1 spiro atoms. The van der Waals surface area contributed by atoms with Gasteiger partial charge in [0.25, 0.3) is 0 Å². The van der Waals surface area contributed by atoms with Crippen molar-refractivity contribution in [3.63, 3.8) is 0 Å². The van der Waals surface area contributed by atoms with Crippen LogP contribution in [0.2, 0.25) is 0 Å². The number of rotatable bonds is 9. The van der Waals surface area contributed by atoms with E-state index in [0.717, 1.165) is 57.5 Å². The molecule has 4 aliphatic heterocycles. The number of aromatic nitrogens is 2. The van der Waals surface area contributed by atoms with Crippen LogP contribution in [0.1, 0.15) is 76.1 Å². The Balaban J connectivity index is 0.898. The SMILES string of the molecule is COC(=O)c1ccc2c(c1)c(=NCCCNC(=O)CCC(=O)O[C@H]1O[C@@H]3O[C@@]4(C)CC[C@H]5[C@H](C)CC[C@@H]([C@H]1C)[C@@]35OO4)c1c3ccccc3[nH]c1n2C. The van der Waals surface area contributed by atoms with Gasteiger partial charge in [0.05, 0.1) is 35.4 Å². The van der Waals surface area contributed by atoms with E-state index in [0.29, 0.717) is 37.4 Å². The Bertz CT molecular complexity index is 2160. The van der Waals surface area contributed by atoms with Crippen LogP contribution in [0.4, 0.5) is 0 Å². The first-order chi connectivity index (χ1) is 25.5. The molecule has 0 radical (unpaired) electrons. The number of esters is 2. The molecule has 2 aromatic carbocycles. The van der Waals surface area contributed by atoms with E-state index in [1.807, 2.05) is 51.2 Å². The van der Waals surface area contributed by atoms with E-state index in [4.69, 9.17) is 33.7 Å². The first-order valence-corrected chi connectivity index (χ1v) is 18.8. The van der Waals surface area contributed by atoms with Gasteiger partial charge in [-0.1, -0.05) is 32.0 Å². The van der Waals surface area contributed by atoms with Gasteiger partial charge < -0.3 is 33.8 Å². The molecule has 2 bridgehead atoms. The lowest BCUT2D eigenvalue weighted by atomic mass is 9.58. The van der Waals surface area contributed by atoms with Gasteiger partial charge in [0, 0.05) is 61.1 Å². The number of H-pyrrole nitrogens is 1. The normalized spacial score (nSPS) is 31.0. The Kier molecular flexibility index (Phi) is 9.33. The zero-order chi connectivity index (χ0) is 37.1. The first kappa shape index (κ1) is 35.7. The number of carbonyl (C=O) groups is 3. The number of hydrogen-bond donors (Lipinski definition) is 2. The predicted octanol–water partition coefficient (Wildman–Crippen LogP) is 5.54. The zero-order valence-corrected chi connectivity index (χ0v) is 30.9. The first-order valence-electron chi connectivity index (χ1n) is 18.8. The van der Waals surface area contributed by atoms with Gasteiger partial charge in [0.1, 0.15) is 5.65 Å². The van der Waals surface area contributed by atoms with Crippen molar-refractivity contribution in [2.45, 2.75) is 89.7 Å². The molecule has 1 amide bonds.